The van der Waals surface area contributed by atoms with E-state index in [2.05, 4.69) is 126 Å². The van der Waals surface area contributed by atoms with Crippen LogP contribution in [0.15, 0.2) is 215 Å². The predicted octanol–water partition coefficient (Wildman–Crippen LogP) is 15.1. The Morgan fingerprint density at radius 1 is 0.302 bits per heavy atom. The Kier molecular flexibility index (Phi) is 7.80. The SMILES string of the molecule is c1ccc(-c2nc(-c3ccccc3)nc(-c3cccc(-n4c5ccccc5c5cc(-c6ccc7oc8ccccc8c7c6)cc(-c6ccc7oc8ccccc8c7c6)c54)c3)n2)cc1. The van der Waals surface area contributed by atoms with Crippen molar-refractivity contribution in [2.45, 2.75) is 0 Å². The van der Waals surface area contributed by atoms with Gasteiger partial charge in [-0.15, -0.1) is 0 Å². The maximum Gasteiger partial charge on any atom is 0.164 e. The van der Waals surface area contributed by atoms with Crippen molar-refractivity contribution in [1.82, 2.24) is 19.5 Å². The van der Waals surface area contributed by atoms with E-state index in [-0.39, 0.29) is 0 Å². The third kappa shape index (κ3) is 5.76. The Bertz CT molecular complexity index is 3860. The summed E-state index contributed by atoms with van der Waals surface area (Å²) in [5.74, 6) is 1.85. The first kappa shape index (κ1) is 35.2. The summed E-state index contributed by atoms with van der Waals surface area (Å²) >= 11 is 0. The van der Waals surface area contributed by atoms with Gasteiger partial charge in [0.05, 0.1) is 11.0 Å². The molecule has 0 spiro atoms. The summed E-state index contributed by atoms with van der Waals surface area (Å²) < 4.78 is 15.0. The van der Waals surface area contributed by atoms with Gasteiger partial charge in [0.2, 0.25) is 0 Å². The Morgan fingerprint density at radius 2 is 0.794 bits per heavy atom. The maximum atomic E-state index is 6.33. The number of benzene rings is 9. The van der Waals surface area contributed by atoms with E-state index >= 15 is 0 Å². The van der Waals surface area contributed by atoms with Gasteiger partial charge in [-0.05, 0) is 83.4 Å². The molecule has 0 unspecified atom stereocenters. The number of fused-ring (bicyclic) bond motifs is 9. The van der Waals surface area contributed by atoms with Crippen LogP contribution in [0.2, 0.25) is 0 Å². The Hall–Kier alpha value is -8.61. The number of rotatable bonds is 6. The summed E-state index contributed by atoms with van der Waals surface area (Å²) in [5, 5.41) is 6.68. The van der Waals surface area contributed by atoms with Crippen LogP contribution in [-0.4, -0.2) is 19.5 Å². The molecule has 0 N–H and O–H groups in total. The lowest BCUT2D eigenvalue weighted by Gasteiger charge is -2.15. The average Bonchev–Trinajstić information content (AvgIpc) is 4.03. The van der Waals surface area contributed by atoms with Gasteiger partial charge < -0.3 is 13.4 Å². The first-order chi connectivity index (χ1) is 31.2. The van der Waals surface area contributed by atoms with E-state index in [0.29, 0.717) is 17.5 Å². The van der Waals surface area contributed by atoms with Crippen molar-refractivity contribution < 1.29 is 8.83 Å². The second-order valence-electron chi connectivity index (χ2n) is 16.0. The molecular formula is C57H34N4O2. The fraction of sp³-hybridized carbons (Fsp3) is 0. The van der Waals surface area contributed by atoms with Crippen LogP contribution < -0.4 is 0 Å². The largest absolute Gasteiger partial charge is 0.456 e. The van der Waals surface area contributed by atoms with Gasteiger partial charge in [0.25, 0.3) is 0 Å². The first-order valence-electron chi connectivity index (χ1n) is 21.1. The van der Waals surface area contributed by atoms with Crippen LogP contribution >= 0.6 is 0 Å². The molecule has 0 aliphatic rings. The number of aromatic nitrogens is 4. The van der Waals surface area contributed by atoms with Crippen LogP contribution in [0.4, 0.5) is 0 Å². The zero-order valence-corrected chi connectivity index (χ0v) is 33.7. The molecule has 0 amide bonds. The number of furan rings is 2. The third-order valence-electron chi connectivity index (χ3n) is 12.2. The molecular weight excluding hydrogens is 773 g/mol. The van der Waals surface area contributed by atoms with Crippen LogP contribution in [0.5, 0.6) is 0 Å². The van der Waals surface area contributed by atoms with Crippen LogP contribution in [0.25, 0.3) is 128 Å². The molecule has 4 heterocycles. The minimum atomic E-state index is 0.604. The summed E-state index contributed by atoms with van der Waals surface area (Å²) in [6, 6.07) is 71.8. The van der Waals surface area contributed by atoms with Crippen molar-refractivity contribution in [2.75, 3.05) is 0 Å². The summed E-state index contributed by atoms with van der Waals surface area (Å²) in [7, 11) is 0. The minimum absolute atomic E-state index is 0.604. The molecule has 6 nitrogen and oxygen atoms in total. The van der Waals surface area contributed by atoms with Crippen LogP contribution in [-0.2, 0) is 0 Å². The minimum Gasteiger partial charge on any atom is -0.456 e. The van der Waals surface area contributed by atoms with Crippen LogP contribution in [0.1, 0.15) is 0 Å². The molecule has 0 atom stereocenters. The van der Waals surface area contributed by atoms with Crippen LogP contribution in [0, 0.1) is 0 Å². The second kappa shape index (κ2) is 14.0. The summed E-state index contributed by atoms with van der Waals surface area (Å²) in [6.45, 7) is 0. The summed E-state index contributed by atoms with van der Waals surface area (Å²) in [5.41, 5.74) is 13.9. The lowest BCUT2D eigenvalue weighted by molar-refractivity contribution is 0.668. The molecule has 0 saturated carbocycles. The third-order valence-corrected chi connectivity index (χ3v) is 12.2. The molecule has 13 rings (SSSR count). The van der Waals surface area contributed by atoms with E-state index in [4.69, 9.17) is 23.8 Å². The molecule has 294 valence electrons. The summed E-state index contributed by atoms with van der Waals surface area (Å²) in [6.07, 6.45) is 0. The number of hydrogen-bond acceptors (Lipinski definition) is 5. The zero-order valence-electron chi connectivity index (χ0n) is 33.7. The van der Waals surface area contributed by atoms with Crippen molar-refractivity contribution in [3.05, 3.63) is 206 Å². The predicted molar refractivity (Wildman–Crippen MR) is 256 cm³/mol. The molecule has 0 aliphatic heterocycles. The van der Waals surface area contributed by atoms with Gasteiger partial charge in [0.1, 0.15) is 22.3 Å². The van der Waals surface area contributed by atoms with Crippen molar-refractivity contribution >= 4 is 65.7 Å². The molecule has 13 aromatic rings. The molecule has 63 heavy (non-hydrogen) atoms. The van der Waals surface area contributed by atoms with Gasteiger partial charge in [-0.2, -0.15) is 0 Å². The average molecular weight is 807 g/mol. The van der Waals surface area contributed by atoms with Crippen molar-refractivity contribution in [3.8, 4) is 62.1 Å². The fourth-order valence-corrected chi connectivity index (χ4v) is 9.27. The van der Waals surface area contributed by atoms with Gasteiger partial charge in [-0.3, -0.25) is 0 Å². The molecule has 0 aliphatic carbocycles. The van der Waals surface area contributed by atoms with Gasteiger partial charge in [0, 0.05) is 60.3 Å². The molecule has 0 bridgehead atoms. The van der Waals surface area contributed by atoms with Crippen LogP contribution in [0.3, 0.4) is 0 Å². The Balaban J connectivity index is 1.07. The number of hydrogen-bond donors (Lipinski definition) is 0. The van der Waals surface area contributed by atoms with E-state index in [0.717, 1.165) is 110 Å². The number of para-hydroxylation sites is 3. The molecule has 6 heteroatoms. The highest BCUT2D eigenvalue weighted by molar-refractivity contribution is 6.17. The monoisotopic (exact) mass is 806 g/mol. The zero-order chi connectivity index (χ0) is 41.4. The van der Waals surface area contributed by atoms with Gasteiger partial charge >= 0.3 is 0 Å². The molecule has 0 saturated heterocycles. The first-order valence-corrected chi connectivity index (χ1v) is 21.1. The quantitative estimate of drug-likeness (QED) is 0.167. The standard InChI is InChI=1S/C57H34N4O2/c1-3-14-35(15-4-1)55-58-56(36-16-5-2-6-17-36)60-57(59-55)39-18-13-19-41(30-39)61-49-23-10-7-20-42(49)48-34-40(37-26-28-52-46(31-37)43-21-8-11-24-50(43)62-52)33-45(54(48)61)38-27-29-53-47(32-38)44-22-9-12-25-51(44)63-53/h1-34H. The molecule has 0 fully saturated rings. The Morgan fingerprint density at radius 3 is 1.44 bits per heavy atom. The van der Waals surface area contributed by atoms with E-state index < -0.39 is 0 Å². The molecule has 4 aromatic heterocycles. The Labute approximate surface area is 361 Å². The van der Waals surface area contributed by atoms with Crippen molar-refractivity contribution in [1.29, 1.82) is 0 Å². The van der Waals surface area contributed by atoms with Crippen molar-refractivity contribution in [3.63, 3.8) is 0 Å². The second-order valence-corrected chi connectivity index (χ2v) is 16.0. The highest BCUT2D eigenvalue weighted by atomic mass is 16.3. The molecule has 0 radical (unpaired) electrons. The van der Waals surface area contributed by atoms with E-state index in [1.165, 1.54) is 0 Å². The normalized spacial score (nSPS) is 11.8. The van der Waals surface area contributed by atoms with Gasteiger partial charge in [-0.1, -0.05) is 140 Å². The highest BCUT2D eigenvalue weighted by Gasteiger charge is 2.21. The van der Waals surface area contributed by atoms with E-state index in [1.54, 1.807) is 0 Å². The topological polar surface area (TPSA) is 69.9 Å². The van der Waals surface area contributed by atoms with E-state index in [1.807, 2.05) is 84.9 Å². The van der Waals surface area contributed by atoms with Gasteiger partial charge in [0.15, 0.2) is 17.5 Å². The smallest absolute Gasteiger partial charge is 0.164 e. The number of nitrogens with zero attached hydrogens (tertiary/aromatic N) is 4. The maximum absolute atomic E-state index is 6.33. The molecule has 9 aromatic carbocycles. The van der Waals surface area contributed by atoms with E-state index in [9.17, 15) is 0 Å². The lowest BCUT2D eigenvalue weighted by Crippen LogP contribution is -2.01. The van der Waals surface area contributed by atoms with Gasteiger partial charge in [-0.25, -0.2) is 15.0 Å². The highest BCUT2D eigenvalue weighted by Crippen LogP contribution is 2.44. The fourth-order valence-electron chi connectivity index (χ4n) is 9.27. The van der Waals surface area contributed by atoms with Crippen molar-refractivity contribution in [2.24, 2.45) is 0 Å². The lowest BCUT2D eigenvalue weighted by atomic mass is 9.94. The summed E-state index contributed by atoms with van der Waals surface area (Å²) in [4.78, 5) is 15.1.